The van der Waals surface area contributed by atoms with Crippen molar-refractivity contribution >= 4 is 45.7 Å². The molecule has 8 heteroatoms. The van der Waals surface area contributed by atoms with Crippen molar-refractivity contribution in [3.8, 4) is 0 Å². The second-order valence-electron chi connectivity index (χ2n) is 12.2. The summed E-state index contributed by atoms with van der Waals surface area (Å²) < 4.78 is 0. The predicted molar refractivity (Wildman–Crippen MR) is 184 cm³/mol. The standard InChI is InChI=1S/C39H39N3O5/c1-26(2)21-32(25-43)40-38(45)36(34-18-10-16-30-14-8-9-17-33(30)34)41-37(44)35(42(39(46)47)24-27-11-4-3-5-12-27)23-28-19-20-29-13-6-7-15-31(29)22-28/h3-20,22,25-26,32,35-36H,21,23-24H2,1-2H3,(H,40,45)(H,41,44)(H,46,47)/t32-,35-,36-/m0/s1. The van der Waals surface area contributed by atoms with E-state index in [0.29, 0.717) is 18.3 Å². The van der Waals surface area contributed by atoms with Gasteiger partial charge in [-0.3, -0.25) is 14.5 Å². The first kappa shape index (κ1) is 32.9. The minimum absolute atomic E-state index is 0.0332. The third-order valence-electron chi connectivity index (χ3n) is 8.26. The van der Waals surface area contributed by atoms with Crippen LogP contribution in [0.1, 0.15) is 43.0 Å². The van der Waals surface area contributed by atoms with E-state index in [1.807, 2.05) is 117 Å². The normalized spacial score (nSPS) is 13.1. The van der Waals surface area contributed by atoms with Crippen molar-refractivity contribution in [3.05, 3.63) is 132 Å². The van der Waals surface area contributed by atoms with Crippen molar-refractivity contribution in [2.45, 2.75) is 51.4 Å². The molecule has 0 bridgehead atoms. The maximum absolute atomic E-state index is 14.4. The molecular weight excluding hydrogens is 590 g/mol. The van der Waals surface area contributed by atoms with Crippen LogP contribution in [0.3, 0.4) is 0 Å². The van der Waals surface area contributed by atoms with Gasteiger partial charge >= 0.3 is 6.09 Å². The highest BCUT2D eigenvalue weighted by Gasteiger charge is 2.34. The average molecular weight is 630 g/mol. The lowest BCUT2D eigenvalue weighted by Gasteiger charge is -2.31. The lowest BCUT2D eigenvalue weighted by atomic mass is 9.96. The molecule has 0 radical (unpaired) electrons. The summed E-state index contributed by atoms with van der Waals surface area (Å²) in [4.78, 5) is 54.3. The highest BCUT2D eigenvalue weighted by Crippen LogP contribution is 2.26. The molecule has 47 heavy (non-hydrogen) atoms. The number of benzene rings is 5. The molecule has 0 heterocycles. The number of nitrogens with zero attached hydrogens (tertiary/aromatic N) is 1. The molecule has 0 aliphatic carbocycles. The Hall–Kier alpha value is -5.50. The summed E-state index contributed by atoms with van der Waals surface area (Å²) in [7, 11) is 0. The summed E-state index contributed by atoms with van der Waals surface area (Å²) >= 11 is 0. The zero-order valence-corrected chi connectivity index (χ0v) is 26.5. The van der Waals surface area contributed by atoms with Crippen molar-refractivity contribution in [2.75, 3.05) is 0 Å². The molecule has 0 saturated carbocycles. The fourth-order valence-corrected chi connectivity index (χ4v) is 5.97. The number of carbonyl (C=O) groups is 4. The minimum atomic E-state index is -1.26. The molecule has 5 aromatic carbocycles. The smallest absolute Gasteiger partial charge is 0.408 e. The number of carboxylic acid groups (broad SMARTS) is 1. The van der Waals surface area contributed by atoms with Crippen LogP contribution in [0.5, 0.6) is 0 Å². The number of carbonyl (C=O) groups excluding carboxylic acids is 3. The summed E-state index contributed by atoms with van der Waals surface area (Å²) in [6, 6.07) is 32.6. The van der Waals surface area contributed by atoms with Crippen LogP contribution >= 0.6 is 0 Å². The average Bonchev–Trinajstić information content (AvgIpc) is 3.08. The zero-order valence-electron chi connectivity index (χ0n) is 26.5. The maximum atomic E-state index is 14.4. The van der Waals surface area contributed by atoms with Gasteiger partial charge in [-0.15, -0.1) is 0 Å². The summed E-state index contributed by atoms with van der Waals surface area (Å²) in [5.74, 6) is -1.04. The SMILES string of the molecule is CC(C)C[C@@H](C=O)NC(=O)[C@@H](NC(=O)[C@H](Cc1ccc2ccccc2c1)N(Cc1ccccc1)C(=O)O)c1cccc2ccccc12. The van der Waals surface area contributed by atoms with Crippen LogP contribution in [0.25, 0.3) is 21.5 Å². The van der Waals surface area contributed by atoms with Gasteiger partial charge in [-0.2, -0.15) is 0 Å². The van der Waals surface area contributed by atoms with E-state index in [1.165, 1.54) is 0 Å². The number of hydrogen-bond donors (Lipinski definition) is 3. The molecule has 0 aliphatic heterocycles. The lowest BCUT2D eigenvalue weighted by molar-refractivity contribution is -0.132. The molecule has 0 unspecified atom stereocenters. The van der Waals surface area contributed by atoms with E-state index in [-0.39, 0.29) is 18.9 Å². The van der Waals surface area contributed by atoms with Crippen LogP contribution in [0.4, 0.5) is 4.79 Å². The summed E-state index contributed by atoms with van der Waals surface area (Å²) in [6.45, 7) is 3.88. The second kappa shape index (κ2) is 15.2. The Morgan fingerprint density at radius 1 is 0.723 bits per heavy atom. The van der Waals surface area contributed by atoms with Crippen LogP contribution in [-0.2, 0) is 27.3 Å². The van der Waals surface area contributed by atoms with E-state index in [1.54, 1.807) is 12.1 Å². The van der Waals surface area contributed by atoms with Crippen LogP contribution in [0, 0.1) is 5.92 Å². The van der Waals surface area contributed by atoms with Gasteiger partial charge in [0.15, 0.2) is 0 Å². The van der Waals surface area contributed by atoms with Crippen LogP contribution in [0.15, 0.2) is 115 Å². The molecule has 240 valence electrons. The molecule has 3 atom stereocenters. The summed E-state index contributed by atoms with van der Waals surface area (Å²) in [6.07, 6.45) is -0.0582. The molecule has 8 nitrogen and oxygen atoms in total. The van der Waals surface area contributed by atoms with E-state index >= 15 is 0 Å². The topological polar surface area (TPSA) is 116 Å². The van der Waals surface area contributed by atoms with Crippen molar-refractivity contribution in [1.82, 2.24) is 15.5 Å². The van der Waals surface area contributed by atoms with E-state index in [0.717, 1.165) is 37.6 Å². The molecule has 5 rings (SSSR count). The molecule has 5 aromatic rings. The Balaban J connectivity index is 1.55. The molecule has 3 N–H and O–H groups in total. The maximum Gasteiger partial charge on any atom is 0.408 e. The van der Waals surface area contributed by atoms with E-state index < -0.39 is 36.0 Å². The molecule has 0 aromatic heterocycles. The Bertz CT molecular complexity index is 1870. The first-order chi connectivity index (χ1) is 22.7. The Morgan fingerprint density at radius 3 is 2.09 bits per heavy atom. The van der Waals surface area contributed by atoms with Gasteiger partial charge in [0, 0.05) is 13.0 Å². The molecule has 0 aliphatic rings. The van der Waals surface area contributed by atoms with Gasteiger partial charge in [0.05, 0.1) is 6.04 Å². The predicted octanol–water partition coefficient (Wildman–Crippen LogP) is 6.67. The minimum Gasteiger partial charge on any atom is -0.465 e. The zero-order chi connectivity index (χ0) is 33.3. The van der Waals surface area contributed by atoms with Gasteiger partial charge in [0.25, 0.3) is 0 Å². The van der Waals surface area contributed by atoms with Gasteiger partial charge in [0.1, 0.15) is 18.4 Å². The van der Waals surface area contributed by atoms with Crippen molar-refractivity contribution in [3.63, 3.8) is 0 Å². The molecule has 0 fully saturated rings. The van der Waals surface area contributed by atoms with E-state index in [9.17, 15) is 24.3 Å². The summed E-state index contributed by atoms with van der Waals surface area (Å²) in [5, 5.41) is 19.8. The van der Waals surface area contributed by atoms with Crippen molar-refractivity contribution < 1.29 is 24.3 Å². The Morgan fingerprint density at radius 2 is 1.38 bits per heavy atom. The fourth-order valence-electron chi connectivity index (χ4n) is 5.97. The lowest BCUT2D eigenvalue weighted by Crippen LogP contribution is -2.53. The number of hydrogen-bond acceptors (Lipinski definition) is 4. The Labute approximate surface area is 274 Å². The van der Waals surface area contributed by atoms with Gasteiger partial charge in [0.2, 0.25) is 11.8 Å². The quantitative estimate of drug-likeness (QED) is 0.126. The monoisotopic (exact) mass is 629 g/mol. The number of aldehydes is 1. The van der Waals surface area contributed by atoms with Gasteiger partial charge in [-0.05, 0) is 50.6 Å². The third-order valence-corrected chi connectivity index (χ3v) is 8.26. The number of nitrogens with one attached hydrogen (secondary N) is 2. The number of fused-ring (bicyclic) bond motifs is 2. The number of amides is 3. The largest absolute Gasteiger partial charge is 0.465 e. The van der Waals surface area contributed by atoms with Gasteiger partial charge in [-0.25, -0.2) is 4.79 Å². The first-order valence-corrected chi connectivity index (χ1v) is 15.8. The Kier molecular flexibility index (Phi) is 10.6. The van der Waals surface area contributed by atoms with Crippen molar-refractivity contribution in [2.24, 2.45) is 5.92 Å². The van der Waals surface area contributed by atoms with Crippen LogP contribution in [0.2, 0.25) is 0 Å². The highest BCUT2D eigenvalue weighted by molar-refractivity contribution is 5.97. The second-order valence-corrected chi connectivity index (χ2v) is 12.2. The van der Waals surface area contributed by atoms with Gasteiger partial charge in [-0.1, -0.05) is 129 Å². The first-order valence-electron chi connectivity index (χ1n) is 15.8. The molecule has 0 spiro atoms. The van der Waals surface area contributed by atoms with E-state index in [2.05, 4.69) is 10.6 Å². The highest BCUT2D eigenvalue weighted by atomic mass is 16.4. The van der Waals surface area contributed by atoms with E-state index in [4.69, 9.17) is 0 Å². The number of rotatable bonds is 13. The molecule has 0 saturated heterocycles. The van der Waals surface area contributed by atoms with Crippen molar-refractivity contribution in [1.29, 1.82) is 0 Å². The third kappa shape index (κ3) is 8.21. The van der Waals surface area contributed by atoms with Crippen LogP contribution in [-0.4, -0.2) is 46.3 Å². The van der Waals surface area contributed by atoms with Gasteiger partial charge < -0.3 is 20.5 Å². The molecule has 3 amide bonds. The fraction of sp³-hybridized carbons (Fsp3) is 0.231. The van der Waals surface area contributed by atoms with Crippen LogP contribution < -0.4 is 10.6 Å². The molecular formula is C39H39N3O5. The summed E-state index contributed by atoms with van der Waals surface area (Å²) in [5.41, 5.74) is 2.03.